The molecule has 2 rings (SSSR count). The molecule has 3 N–H and O–H groups in total. The number of allylic oxidation sites excluding steroid dienone is 2. The van der Waals surface area contributed by atoms with E-state index in [4.69, 9.17) is 10.5 Å². The fraction of sp³-hybridized carbons (Fsp3) is 0.350. The van der Waals surface area contributed by atoms with Crippen LogP contribution >= 0.6 is 11.3 Å². The summed E-state index contributed by atoms with van der Waals surface area (Å²) in [5, 5.41) is 4.83. The van der Waals surface area contributed by atoms with Gasteiger partial charge < -0.3 is 20.7 Å². The molecular formula is C20H24F3N5O2S. The fourth-order valence-corrected chi connectivity index (χ4v) is 3.03. The third-order valence-electron chi connectivity index (χ3n) is 4.03. The summed E-state index contributed by atoms with van der Waals surface area (Å²) in [7, 11) is 1.34. The van der Waals surface area contributed by atoms with E-state index in [1.165, 1.54) is 25.3 Å². The third-order valence-corrected chi connectivity index (χ3v) is 4.78. The van der Waals surface area contributed by atoms with Crippen LogP contribution in [0, 0.1) is 0 Å². The number of nitrogens with two attached hydrogens (primary N) is 1. The summed E-state index contributed by atoms with van der Waals surface area (Å²) < 4.78 is 44.5. The number of nitrogens with zero attached hydrogens (tertiary/aromatic N) is 3. The second kappa shape index (κ2) is 9.82. The van der Waals surface area contributed by atoms with E-state index in [9.17, 15) is 18.0 Å². The second-order valence-corrected chi connectivity index (χ2v) is 7.77. The monoisotopic (exact) mass is 455 g/mol. The molecule has 2 aromatic heterocycles. The van der Waals surface area contributed by atoms with Gasteiger partial charge in [0.25, 0.3) is 0 Å². The van der Waals surface area contributed by atoms with E-state index >= 15 is 0 Å². The maximum atomic E-state index is 13.0. The number of thiazole rings is 1. The van der Waals surface area contributed by atoms with Crippen molar-refractivity contribution in [3.63, 3.8) is 0 Å². The number of pyridine rings is 1. The van der Waals surface area contributed by atoms with Gasteiger partial charge in [0.1, 0.15) is 17.3 Å². The van der Waals surface area contributed by atoms with Gasteiger partial charge in [-0.1, -0.05) is 0 Å². The molecule has 0 aliphatic heterocycles. The standard InChI is InChI=1S/C20H24F3N5O2S/c1-11(2)30-14-6-7-15(25-9-14)16-10-31-19(26-16)27-18(24)17(28(5)13(4)29)8-12(3)20(21,22)23/h6-11H,24H2,1-5H3,(H,26,27)/b12-8+,18-17-. The molecule has 0 spiro atoms. The van der Waals surface area contributed by atoms with Crippen molar-refractivity contribution in [3.05, 3.63) is 46.9 Å². The van der Waals surface area contributed by atoms with Gasteiger partial charge >= 0.3 is 6.18 Å². The van der Waals surface area contributed by atoms with Crippen molar-refractivity contribution in [1.82, 2.24) is 14.9 Å². The summed E-state index contributed by atoms with van der Waals surface area (Å²) in [5.74, 6) is 0.0118. The molecule has 11 heteroatoms. The Hall–Kier alpha value is -3.08. The summed E-state index contributed by atoms with van der Waals surface area (Å²) in [4.78, 5) is 21.4. The first kappa shape index (κ1) is 24.2. The number of likely N-dealkylation sites (N-methyl/N-ethyl adjacent to an activating group) is 1. The first-order chi connectivity index (χ1) is 14.4. The first-order valence-electron chi connectivity index (χ1n) is 9.23. The highest BCUT2D eigenvalue weighted by molar-refractivity contribution is 7.14. The molecule has 2 heterocycles. The lowest BCUT2D eigenvalue weighted by molar-refractivity contribution is -0.125. The maximum Gasteiger partial charge on any atom is 0.412 e. The number of halogens is 3. The summed E-state index contributed by atoms with van der Waals surface area (Å²) in [6.45, 7) is 5.95. The number of ether oxygens (including phenoxy) is 1. The van der Waals surface area contributed by atoms with E-state index in [1.807, 2.05) is 13.8 Å². The predicted molar refractivity (Wildman–Crippen MR) is 114 cm³/mol. The lowest BCUT2D eigenvalue weighted by Gasteiger charge is -2.20. The van der Waals surface area contributed by atoms with Crippen LogP contribution in [-0.4, -0.2) is 40.1 Å². The van der Waals surface area contributed by atoms with E-state index < -0.39 is 17.7 Å². The predicted octanol–water partition coefficient (Wildman–Crippen LogP) is 4.52. The van der Waals surface area contributed by atoms with Crippen molar-refractivity contribution in [2.75, 3.05) is 12.4 Å². The van der Waals surface area contributed by atoms with E-state index in [1.54, 1.807) is 23.7 Å². The molecule has 0 aliphatic rings. The van der Waals surface area contributed by atoms with Crippen molar-refractivity contribution in [3.8, 4) is 17.1 Å². The normalized spacial score (nSPS) is 13.1. The highest BCUT2D eigenvalue weighted by Gasteiger charge is 2.31. The van der Waals surface area contributed by atoms with Gasteiger partial charge in [0, 0.05) is 24.9 Å². The molecule has 7 nitrogen and oxygen atoms in total. The van der Waals surface area contributed by atoms with Gasteiger partial charge in [-0.05, 0) is 39.0 Å². The fourth-order valence-electron chi connectivity index (χ4n) is 2.31. The zero-order valence-corrected chi connectivity index (χ0v) is 18.6. The van der Waals surface area contributed by atoms with Crippen molar-refractivity contribution in [2.24, 2.45) is 5.73 Å². The van der Waals surface area contributed by atoms with Crippen molar-refractivity contribution >= 4 is 22.4 Å². The Bertz CT molecular complexity index is 981. The van der Waals surface area contributed by atoms with E-state index in [0.717, 1.165) is 17.9 Å². The number of aromatic nitrogens is 2. The summed E-state index contributed by atoms with van der Waals surface area (Å²) in [6.07, 6.45) is -2.13. The minimum Gasteiger partial charge on any atom is -0.489 e. The Morgan fingerprint density at radius 1 is 1.29 bits per heavy atom. The van der Waals surface area contributed by atoms with Crippen LogP contribution in [0.1, 0.15) is 27.7 Å². The Kier molecular flexibility index (Phi) is 7.66. The van der Waals surface area contributed by atoms with Gasteiger partial charge in [-0.3, -0.25) is 9.78 Å². The smallest absolute Gasteiger partial charge is 0.412 e. The van der Waals surface area contributed by atoms with Gasteiger partial charge in [0.15, 0.2) is 5.13 Å². The van der Waals surface area contributed by atoms with Crippen LogP contribution in [0.5, 0.6) is 5.75 Å². The van der Waals surface area contributed by atoms with Crippen molar-refractivity contribution in [1.29, 1.82) is 0 Å². The van der Waals surface area contributed by atoms with Crippen LogP contribution in [0.4, 0.5) is 18.3 Å². The zero-order valence-electron chi connectivity index (χ0n) is 17.7. The number of carbonyl (C=O) groups excluding carboxylic acids is 1. The number of amides is 1. The number of alkyl halides is 3. The van der Waals surface area contributed by atoms with Crippen LogP contribution in [0.2, 0.25) is 0 Å². The average Bonchev–Trinajstić information content (AvgIpc) is 3.12. The molecule has 0 fully saturated rings. The van der Waals surface area contributed by atoms with Crippen molar-refractivity contribution < 1.29 is 22.7 Å². The van der Waals surface area contributed by atoms with E-state index in [-0.39, 0.29) is 17.6 Å². The molecule has 0 radical (unpaired) electrons. The molecular weight excluding hydrogens is 431 g/mol. The van der Waals surface area contributed by atoms with Gasteiger partial charge in [-0.15, -0.1) is 11.3 Å². The average molecular weight is 456 g/mol. The molecule has 168 valence electrons. The van der Waals surface area contributed by atoms with Crippen LogP contribution in [0.15, 0.2) is 46.9 Å². The second-order valence-electron chi connectivity index (χ2n) is 6.91. The number of hydrogen-bond acceptors (Lipinski definition) is 7. The molecule has 0 bridgehead atoms. The molecule has 0 aliphatic carbocycles. The topological polar surface area (TPSA) is 93.4 Å². The SMILES string of the molecule is CC(=O)N(C)C(/C=C(\C)C(F)(F)F)=C(/N)Nc1nc(-c2ccc(OC(C)C)cn2)cs1. The Morgan fingerprint density at radius 3 is 2.48 bits per heavy atom. The van der Waals surface area contributed by atoms with E-state index in [0.29, 0.717) is 22.3 Å². The summed E-state index contributed by atoms with van der Waals surface area (Å²) in [5.41, 5.74) is 6.13. The maximum absolute atomic E-state index is 13.0. The summed E-state index contributed by atoms with van der Waals surface area (Å²) >= 11 is 1.20. The minimum atomic E-state index is -4.55. The van der Waals surface area contributed by atoms with Crippen LogP contribution in [-0.2, 0) is 4.79 Å². The number of hydrogen-bond donors (Lipinski definition) is 2. The molecule has 1 amide bonds. The van der Waals surface area contributed by atoms with Crippen LogP contribution < -0.4 is 15.8 Å². The van der Waals surface area contributed by atoms with Gasteiger partial charge in [0.2, 0.25) is 5.91 Å². The van der Waals surface area contributed by atoms with Gasteiger partial charge in [-0.25, -0.2) is 4.98 Å². The lowest BCUT2D eigenvalue weighted by atomic mass is 10.2. The highest BCUT2D eigenvalue weighted by Crippen LogP contribution is 2.28. The first-order valence-corrected chi connectivity index (χ1v) is 10.1. The van der Waals surface area contributed by atoms with Crippen LogP contribution in [0.25, 0.3) is 11.4 Å². The summed E-state index contributed by atoms with van der Waals surface area (Å²) in [6, 6.07) is 3.52. The van der Waals surface area contributed by atoms with Gasteiger partial charge in [0.05, 0.1) is 23.7 Å². The highest BCUT2D eigenvalue weighted by atomic mass is 32.1. The zero-order chi connectivity index (χ0) is 23.3. The van der Waals surface area contributed by atoms with Crippen molar-refractivity contribution in [2.45, 2.75) is 40.0 Å². The number of carbonyl (C=O) groups is 1. The third kappa shape index (κ3) is 6.71. The molecule has 0 unspecified atom stereocenters. The Balaban J connectivity index is 2.29. The Morgan fingerprint density at radius 2 is 1.97 bits per heavy atom. The number of nitrogens with one attached hydrogen (secondary N) is 1. The van der Waals surface area contributed by atoms with Crippen LogP contribution in [0.3, 0.4) is 0 Å². The van der Waals surface area contributed by atoms with Gasteiger partial charge in [-0.2, -0.15) is 13.2 Å². The molecule has 31 heavy (non-hydrogen) atoms. The number of anilines is 1. The Labute approximate surface area is 182 Å². The molecule has 0 atom stereocenters. The molecule has 0 aromatic carbocycles. The largest absolute Gasteiger partial charge is 0.489 e. The minimum absolute atomic E-state index is 0.0230. The van der Waals surface area contributed by atoms with E-state index in [2.05, 4.69) is 15.3 Å². The molecule has 2 aromatic rings. The number of rotatable bonds is 7. The molecule has 0 saturated heterocycles. The molecule has 0 saturated carbocycles. The quantitative estimate of drug-likeness (QED) is 0.597. The lowest BCUT2D eigenvalue weighted by Crippen LogP contribution is -2.28.